The summed E-state index contributed by atoms with van der Waals surface area (Å²) in [6, 6.07) is 13.2. The van der Waals surface area contributed by atoms with Crippen LogP contribution in [0.15, 0.2) is 48.5 Å². The Hall–Kier alpha value is -3.02. The van der Waals surface area contributed by atoms with Gasteiger partial charge in [0.15, 0.2) is 0 Å². The van der Waals surface area contributed by atoms with Crippen LogP contribution in [0.2, 0.25) is 0 Å². The topological polar surface area (TPSA) is 81.7 Å². The van der Waals surface area contributed by atoms with Gasteiger partial charge in [-0.2, -0.15) is 0 Å². The fourth-order valence-electron chi connectivity index (χ4n) is 2.98. The second-order valence-corrected chi connectivity index (χ2v) is 6.38. The Morgan fingerprint density at radius 3 is 2.00 bits per heavy atom. The first kappa shape index (κ1) is 17.8. The van der Waals surface area contributed by atoms with Crippen molar-refractivity contribution in [1.82, 2.24) is 4.90 Å². The van der Waals surface area contributed by atoms with Gasteiger partial charge in [-0.25, -0.2) is 4.79 Å². The minimum Gasteiger partial charge on any atom is -0.507 e. The lowest BCUT2D eigenvalue weighted by Crippen LogP contribution is -2.35. The predicted octanol–water partition coefficient (Wildman–Crippen LogP) is 4.05. The zero-order valence-electron chi connectivity index (χ0n) is 14.6. The van der Waals surface area contributed by atoms with Gasteiger partial charge in [-0.1, -0.05) is 25.0 Å². The maximum atomic E-state index is 12.3. The molecule has 6 nitrogen and oxygen atoms in total. The Bertz CT molecular complexity index is 766. The number of phenols is 1. The highest BCUT2D eigenvalue weighted by Crippen LogP contribution is 2.19. The number of nitrogens with one attached hydrogen (secondary N) is 2. The lowest BCUT2D eigenvalue weighted by atomic mass is 10.2. The molecular formula is C20H23N3O3. The highest BCUT2D eigenvalue weighted by molar-refractivity contribution is 6.06. The average Bonchev–Trinajstić information content (AvgIpc) is 2.93. The van der Waals surface area contributed by atoms with E-state index in [1.165, 1.54) is 18.9 Å². The van der Waals surface area contributed by atoms with Crippen molar-refractivity contribution in [3.8, 4) is 5.75 Å². The van der Waals surface area contributed by atoms with E-state index in [0.29, 0.717) is 11.4 Å². The Balaban J connectivity index is 1.59. The Kier molecular flexibility index (Phi) is 5.73. The molecule has 0 atom stereocenters. The summed E-state index contributed by atoms with van der Waals surface area (Å²) in [4.78, 5) is 26.4. The highest BCUT2D eigenvalue weighted by Gasteiger charge is 2.15. The standard InChI is InChI=1S/C20H23N3O3/c24-18-8-4-3-7-17(18)19(25)21-15-9-11-16(12-10-15)22-20(26)23-13-5-1-2-6-14-23/h3-4,7-12,24H,1-2,5-6,13-14H2,(H,21,25)(H,22,26). The molecule has 1 fully saturated rings. The van der Waals surface area contributed by atoms with Gasteiger partial charge in [-0.15, -0.1) is 0 Å². The molecule has 0 bridgehead atoms. The van der Waals surface area contributed by atoms with Crippen LogP contribution in [0.3, 0.4) is 0 Å². The van der Waals surface area contributed by atoms with Gasteiger partial charge in [0.1, 0.15) is 5.75 Å². The van der Waals surface area contributed by atoms with E-state index in [0.717, 1.165) is 25.9 Å². The number of nitrogens with zero attached hydrogens (tertiary/aromatic N) is 1. The summed E-state index contributed by atoms with van der Waals surface area (Å²) in [5, 5.41) is 15.4. The van der Waals surface area contributed by atoms with Gasteiger partial charge >= 0.3 is 6.03 Å². The maximum Gasteiger partial charge on any atom is 0.321 e. The van der Waals surface area contributed by atoms with E-state index in [1.807, 2.05) is 4.90 Å². The molecule has 3 rings (SSSR count). The summed E-state index contributed by atoms with van der Waals surface area (Å²) >= 11 is 0. The number of phenolic OH excluding ortho intramolecular Hbond substituents is 1. The molecule has 0 aliphatic carbocycles. The summed E-state index contributed by atoms with van der Waals surface area (Å²) in [5.74, 6) is -0.448. The van der Waals surface area contributed by atoms with E-state index in [4.69, 9.17) is 0 Å². The van der Waals surface area contributed by atoms with Crippen LogP contribution in [-0.2, 0) is 0 Å². The average molecular weight is 353 g/mol. The van der Waals surface area contributed by atoms with Crippen LogP contribution in [0.5, 0.6) is 5.75 Å². The second-order valence-electron chi connectivity index (χ2n) is 6.38. The summed E-state index contributed by atoms with van der Waals surface area (Å²) < 4.78 is 0. The summed E-state index contributed by atoms with van der Waals surface area (Å²) in [6.45, 7) is 1.58. The van der Waals surface area contributed by atoms with Crippen LogP contribution in [0.4, 0.5) is 16.2 Å². The number of para-hydroxylation sites is 1. The normalized spacial score (nSPS) is 14.4. The molecule has 2 aromatic carbocycles. The van der Waals surface area contributed by atoms with E-state index in [2.05, 4.69) is 10.6 Å². The Morgan fingerprint density at radius 1 is 0.808 bits per heavy atom. The number of anilines is 2. The molecule has 0 aromatic heterocycles. The van der Waals surface area contributed by atoms with Gasteiger partial charge in [0.25, 0.3) is 5.91 Å². The van der Waals surface area contributed by atoms with E-state index < -0.39 is 0 Å². The first-order chi connectivity index (χ1) is 12.6. The number of hydrogen-bond acceptors (Lipinski definition) is 3. The molecule has 1 heterocycles. The number of carbonyl (C=O) groups excluding carboxylic acids is 2. The van der Waals surface area contributed by atoms with Crippen molar-refractivity contribution in [1.29, 1.82) is 0 Å². The molecule has 0 unspecified atom stereocenters. The predicted molar refractivity (Wildman–Crippen MR) is 102 cm³/mol. The summed E-state index contributed by atoms with van der Waals surface area (Å²) in [7, 11) is 0. The van der Waals surface area contributed by atoms with Gasteiger partial charge in [0, 0.05) is 24.5 Å². The van der Waals surface area contributed by atoms with Gasteiger partial charge in [0.05, 0.1) is 5.56 Å². The molecule has 26 heavy (non-hydrogen) atoms. The zero-order valence-corrected chi connectivity index (χ0v) is 14.6. The van der Waals surface area contributed by atoms with Crippen LogP contribution >= 0.6 is 0 Å². The number of likely N-dealkylation sites (tertiary alicyclic amines) is 1. The largest absolute Gasteiger partial charge is 0.507 e. The van der Waals surface area contributed by atoms with Crippen molar-refractivity contribution in [2.24, 2.45) is 0 Å². The maximum absolute atomic E-state index is 12.3. The number of amides is 3. The molecule has 0 saturated carbocycles. The summed E-state index contributed by atoms with van der Waals surface area (Å²) in [5.41, 5.74) is 1.48. The number of aromatic hydroxyl groups is 1. The fraction of sp³-hybridized carbons (Fsp3) is 0.300. The third kappa shape index (κ3) is 4.53. The number of carbonyl (C=O) groups is 2. The lowest BCUT2D eigenvalue weighted by Gasteiger charge is -2.20. The molecular weight excluding hydrogens is 330 g/mol. The molecule has 6 heteroatoms. The monoisotopic (exact) mass is 353 g/mol. The van der Waals surface area contributed by atoms with Crippen molar-refractivity contribution >= 4 is 23.3 Å². The Morgan fingerprint density at radius 2 is 1.38 bits per heavy atom. The van der Waals surface area contributed by atoms with Crippen molar-refractivity contribution in [3.05, 3.63) is 54.1 Å². The van der Waals surface area contributed by atoms with Crippen LogP contribution in [-0.4, -0.2) is 35.0 Å². The molecule has 136 valence electrons. The van der Waals surface area contributed by atoms with Crippen LogP contribution in [0.1, 0.15) is 36.0 Å². The molecule has 0 spiro atoms. The third-order valence-corrected chi connectivity index (χ3v) is 4.44. The first-order valence-electron chi connectivity index (χ1n) is 8.89. The second kappa shape index (κ2) is 8.38. The van der Waals surface area contributed by atoms with Crippen LogP contribution in [0.25, 0.3) is 0 Å². The third-order valence-electron chi connectivity index (χ3n) is 4.44. The number of urea groups is 1. The zero-order chi connectivity index (χ0) is 18.4. The highest BCUT2D eigenvalue weighted by atomic mass is 16.3. The Labute approximate surface area is 152 Å². The van der Waals surface area contributed by atoms with Crippen molar-refractivity contribution in [2.45, 2.75) is 25.7 Å². The van der Waals surface area contributed by atoms with Crippen molar-refractivity contribution in [3.63, 3.8) is 0 Å². The quantitative estimate of drug-likeness (QED) is 0.778. The van der Waals surface area contributed by atoms with Gasteiger partial charge in [-0.3, -0.25) is 4.79 Å². The molecule has 1 aliphatic heterocycles. The number of hydrogen-bond donors (Lipinski definition) is 3. The number of rotatable bonds is 3. The minimum atomic E-state index is -0.385. The van der Waals surface area contributed by atoms with Crippen LogP contribution in [0, 0.1) is 0 Å². The van der Waals surface area contributed by atoms with E-state index >= 15 is 0 Å². The molecule has 3 amide bonds. The minimum absolute atomic E-state index is 0.0636. The summed E-state index contributed by atoms with van der Waals surface area (Å²) in [6.07, 6.45) is 4.44. The van der Waals surface area contributed by atoms with Gasteiger partial charge < -0.3 is 20.6 Å². The smallest absolute Gasteiger partial charge is 0.321 e. The molecule has 0 radical (unpaired) electrons. The van der Waals surface area contributed by atoms with Gasteiger partial charge in [0.2, 0.25) is 0 Å². The first-order valence-corrected chi connectivity index (χ1v) is 8.89. The lowest BCUT2D eigenvalue weighted by molar-refractivity contribution is 0.102. The van der Waals surface area contributed by atoms with Crippen molar-refractivity contribution in [2.75, 3.05) is 23.7 Å². The molecule has 2 aromatic rings. The number of benzene rings is 2. The van der Waals surface area contributed by atoms with Gasteiger partial charge in [-0.05, 0) is 49.2 Å². The molecule has 3 N–H and O–H groups in total. The molecule has 1 aliphatic rings. The SMILES string of the molecule is O=C(Nc1ccc(NC(=O)N2CCCCCC2)cc1)c1ccccc1O. The van der Waals surface area contributed by atoms with E-state index in [-0.39, 0.29) is 23.3 Å². The van der Waals surface area contributed by atoms with E-state index in [9.17, 15) is 14.7 Å². The van der Waals surface area contributed by atoms with E-state index in [1.54, 1.807) is 42.5 Å². The molecule has 1 saturated heterocycles. The van der Waals surface area contributed by atoms with Crippen molar-refractivity contribution < 1.29 is 14.7 Å². The fourth-order valence-corrected chi connectivity index (χ4v) is 2.98. The van der Waals surface area contributed by atoms with Crippen LogP contribution < -0.4 is 10.6 Å².